The molecule has 2 heterocycles. The topological polar surface area (TPSA) is 57.4 Å². The van der Waals surface area contributed by atoms with Gasteiger partial charge in [-0.15, -0.1) is 0 Å². The van der Waals surface area contributed by atoms with Gasteiger partial charge in [0.15, 0.2) is 0 Å². The van der Waals surface area contributed by atoms with Crippen LogP contribution in [0, 0.1) is 0 Å². The van der Waals surface area contributed by atoms with Crippen LogP contribution in [-0.2, 0) is 6.54 Å². The standard InChI is InChI=1S/C14H24ClN5/c1-3-20(4-2)11-7-8-19(9-11)10-13-12(15)5-6-14(17-13)18-16/h5-6,11H,3-4,7-10,16H2,1-2H3,(H,17,18). The molecule has 1 aliphatic heterocycles. The summed E-state index contributed by atoms with van der Waals surface area (Å²) in [6.45, 7) is 9.63. The van der Waals surface area contributed by atoms with E-state index in [0.29, 0.717) is 16.9 Å². The van der Waals surface area contributed by atoms with Crippen LogP contribution in [-0.4, -0.2) is 47.0 Å². The first kappa shape index (κ1) is 15.5. The molecule has 112 valence electrons. The summed E-state index contributed by atoms with van der Waals surface area (Å²) in [4.78, 5) is 9.38. The summed E-state index contributed by atoms with van der Waals surface area (Å²) in [6, 6.07) is 4.28. The number of aromatic nitrogens is 1. The van der Waals surface area contributed by atoms with Gasteiger partial charge in [-0.25, -0.2) is 10.8 Å². The quantitative estimate of drug-likeness (QED) is 0.621. The molecule has 0 spiro atoms. The highest BCUT2D eigenvalue weighted by Crippen LogP contribution is 2.22. The normalized spacial score (nSPS) is 19.8. The molecule has 0 aliphatic carbocycles. The van der Waals surface area contributed by atoms with E-state index in [1.165, 1.54) is 6.42 Å². The molecule has 0 aromatic carbocycles. The van der Waals surface area contributed by atoms with E-state index >= 15 is 0 Å². The highest BCUT2D eigenvalue weighted by atomic mass is 35.5. The largest absolute Gasteiger partial charge is 0.308 e. The Labute approximate surface area is 126 Å². The molecule has 1 aromatic heterocycles. The van der Waals surface area contributed by atoms with Crippen molar-refractivity contribution in [3.8, 4) is 0 Å². The second kappa shape index (κ2) is 7.22. The fourth-order valence-electron chi connectivity index (χ4n) is 2.88. The number of halogens is 1. The van der Waals surface area contributed by atoms with Crippen LogP contribution in [0.5, 0.6) is 0 Å². The van der Waals surface area contributed by atoms with Crippen molar-refractivity contribution in [1.29, 1.82) is 0 Å². The zero-order valence-electron chi connectivity index (χ0n) is 12.3. The molecule has 1 fully saturated rings. The van der Waals surface area contributed by atoms with E-state index in [2.05, 4.69) is 34.1 Å². The number of pyridine rings is 1. The van der Waals surface area contributed by atoms with E-state index < -0.39 is 0 Å². The third-order valence-electron chi connectivity index (χ3n) is 4.02. The fraction of sp³-hybridized carbons (Fsp3) is 0.643. The predicted molar refractivity (Wildman–Crippen MR) is 83.7 cm³/mol. The maximum absolute atomic E-state index is 6.22. The summed E-state index contributed by atoms with van der Waals surface area (Å²) in [5, 5.41) is 0.704. The summed E-state index contributed by atoms with van der Waals surface area (Å²) in [7, 11) is 0. The Morgan fingerprint density at radius 2 is 2.20 bits per heavy atom. The second-order valence-corrected chi connectivity index (χ2v) is 5.58. The molecule has 1 saturated heterocycles. The van der Waals surface area contributed by atoms with Gasteiger partial charge in [-0.2, -0.15) is 0 Å². The Kier molecular flexibility index (Phi) is 5.60. The van der Waals surface area contributed by atoms with Crippen LogP contribution in [0.15, 0.2) is 12.1 Å². The van der Waals surface area contributed by atoms with Crippen molar-refractivity contribution in [1.82, 2.24) is 14.8 Å². The Bertz CT molecular complexity index is 436. The van der Waals surface area contributed by atoms with Crippen molar-refractivity contribution in [3.63, 3.8) is 0 Å². The van der Waals surface area contributed by atoms with E-state index in [4.69, 9.17) is 17.4 Å². The van der Waals surface area contributed by atoms with Gasteiger partial charge in [0.2, 0.25) is 0 Å². The number of rotatable bonds is 6. The van der Waals surface area contributed by atoms with E-state index in [1.54, 1.807) is 6.07 Å². The molecule has 1 aliphatic rings. The van der Waals surface area contributed by atoms with Crippen LogP contribution < -0.4 is 11.3 Å². The predicted octanol–water partition coefficient (Wildman–Crippen LogP) is 1.94. The molecule has 1 aromatic rings. The van der Waals surface area contributed by atoms with E-state index in [1.807, 2.05) is 6.07 Å². The van der Waals surface area contributed by atoms with E-state index in [0.717, 1.165) is 38.4 Å². The van der Waals surface area contributed by atoms with Gasteiger partial charge in [0, 0.05) is 25.7 Å². The summed E-state index contributed by atoms with van der Waals surface area (Å²) >= 11 is 6.22. The number of nitrogens with zero attached hydrogens (tertiary/aromatic N) is 3. The molecule has 1 atom stereocenters. The zero-order valence-corrected chi connectivity index (χ0v) is 13.0. The lowest BCUT2D eigenvalue weighted by molar-refractivity contribution is 0.208. The minimum Gasteiger partial charge on any atom is -0.308 e. The summed E-state index contributed by atoms with van der Waals surface area (Å²) < 4.78 is 0. The van der Waals surface area contributed by atoms with E-state index in [-0.39, 0.29) is 0 Å². The highest BCUT2D eigenvalue weighted by Gasteiger charge is 2.26. The van der Waals surface area contributed by atoms with Crippen LogP contribution in [0.2, 0.25) is 5.02 Å². The number of nitrogens with two attached hydrogens (primary N) is 1. The molecule has 0 radical (unpaired) electrons. The number of hydrogen-bond acceptors (Lipinski definition) is 5. The molecule has 2 rings (SSSR count). The Morgan fingerprint density at radius 3 is 2.85 bits per heavy atom. The van der Waals surface area contributed by atoms with E-state index in [9.17, 15) is 0 Å². The zero-order chi connectivity index (χ0) is 14.5. The average Bonchev–Trinajstić information content (AvgIpc) is 2.91. The van der Waals surface area contributed by atoms with Gasteiger partial charge in [-0.05, 0) is 31.6 Å². The second-order valence-electron chi connectivity index (χ2n) is 5.17. The summed E-state index contributed by atoms with van der Waals surface area (Å²) in [5.74, 6) is 6.06. The van der Waals surface area contributed by atoms with Crippen molar-refractivity contribution < 1.29 is 0 Å². The lowest BCUT2D eigenvalue weighted by atomic mass is 10.2. The number of hydrazine groups is 1. The lowest BCUT2D eigenvalue weighted by Gasteiger charge is -2.26. The third kappa shape index (κ3) is 3.61. The molecule has 5 nitrogen and oxygen atoms in total. The van der Waals surface area contributed by atoms with Gasteiger partial charge in [0.05, 0.1) is 10.7 Å². The minimum atomic E-state index is 0.652. The van der Waals surface area contributed by atoms with Crippen LogP contribution in [0.3, 0.4) is 0 Å². The van der Waals surface area contributed by atoms with Gasteiger partial charge in [-0.3, -0.25) is 9.80 Å². The van der Waals surface area contributed by atoms with Gasteiger partial charge in [0.25, 0.3) is 0 Å². The molecule has 0 bridgehead atoms. The number of hydrogen-bond donors (Lipinski definition) is 2. The smallest absolute Gasteiger partial charge is 0.140 e. The van der Waals surface area contributed by atoms with Crippen molar-refractivity contribution in [2.75, 3.05) is 31.6 Å². The van der Waals surface area contributed by atoms with Crippen LogP contribution in [0.1, 0.15) is 26.0 Å². The maximum atomic E-state index is 6.22. The molecule has 3 N–H and O–H groups in total. The Balaban J connectivity index is 1.98. The maximum Gasteiger partial charge on any atom is 0.140 e. The van der Waals surface area contributed by atoms with Gasteiger partial charge in [-0.1, -0.05) is 25.4 Å². The Morgan fingerprint density at radius 1 is 1.45 bits per heavy atom. The van der Waals surface area contributed by atoms with Gasteiger partial charge < -0.3 is 5.43 Å². The average molecular weight is 298 g/mol. The first-order valence-electron chi connectivity index (χ1n) is 7.26. The van der Waals surface area contributed by atoms with Gasteiger partial charge >= 0.3 is 0 Å². The Hall–Kier alpha value is -0.880. The lowest BCUT2D eigenvalue weighted by Crippen LogP contribution is -2.37. The van der Waals surface area contributed by atoms with Gasteiger partial charge in [0.1, 0.15) is 5.82 Å². The monoisotopic (exact) mass is 297 g/mol. The summed E-state index contributed by atoms with van der Waals surface area (Å²) in [5.41, 5.74) is 3.46. The third-order valence-corrected chi connectivity index (χ3v) is 4.36. The molecular formula is C14H24ClN5. The number of likely N-dealkylation sites (tertiary alicyclic amines) is 1. The molecule has 0 amide bonds. The van der Waals surface area contributed by atoms with Crippen molar-refractivity contribution in [2.45, 2.75) is 32.9 Å². The van der Waals surface area contributed by atoms with Crippen LogP contribution in [0.4, 0.5) is 5.82 Å². The number of anilines is 1. The number of nitrogens with one attached hydrogen (secondary N) is 1. The van der Waals surface area contributed by atoms with Crippen LogP contribution in [0.25, 0.3) is 0 Å². The summed E-state index contributed by atoms with van der Waals surface area (Å²) in [6.07, 6.45) is 1.22. The number of likely N-dealkylation sites (N-methyl/N-ethyl adjacent to an activating group) is 1. The molecule has 6 heteroatoms. The van der Waals surface area contributed by atoms with Crippen molar-refractivity contribution in [3.05, 3.63) is 22.8 Å². The molecule has 20 heavy (non-hydrogen) atoms. The molecule has 1 unspecified atom stereocenters. The minimum absolute atomic E-state index is 0.652. The van der Waals surface area contributed by atoms with Crippen molar-refractivity contribution in [2.24, 2.45) is 5.84 Å². The van der Waals surface area contributed by atoms with Crippen molar-refractivity contribution >= 4 is 17.4 Å². The first-order chi connectivity index (χ1) is 9.67. The SMILES string of the molecule is CCN(CC)C1CCN(Cc2nc(NN)ccc2Cl)C1. The number of nitrogen functional groups attached to an aromatic ring is 1. The fourth-order valence-corrected chi connectivity index (χ4v) is 3.05. The molecule has 0 saturated carbocycles. The van der Waals surface area contributed by atoms with Crippen LogP contribution >= 0.6 is 11.6 Å². The highest BCUT2D eigenvalue weighted by molar-refractivity contribution is 6.31. The molecular weight excluding hydrogens is 274 g/mol. The first-order valence-corrected chi connectivity index (χ1v) is 7.64.